The van der Waals surface area contributed by atoms with Crippen molar-refractivity contribution < 1.29 is 29.4 Å². The van der Waals surface area contributed by atoms with Gasteiger partial charge >= 0.3 is 5.97 Å². The van der Waals surface area contributed by atoms with Crippen LogP contribution in [0.2, 0.25) is 0 Å². The van der Waals surface area contributed by atoms with Gasteiger partial charge in [-0.25, -0.2) is 4.79 Å². The van der Waals surface area contributed by atoms with Crippen molar-refractivity contribution >= 4 is 35.5 Å². The fourth-order valence-corrected chi connectivity index (χ4v) is 7.10. The number of amides is 3. The number of thioether (sulfide) groups is 1. The molecule has 4 heterocycles. The number of nitrogens with one attached hydrogen (secondary N) is 3. The molecule has 0 bridgehead atoms. The predicted octanol–water partition coefficient (Wildman–Crippen LogP) is -2.52. The zero-order valence-corrected chi connectivity index (χ0v) is 20.9. The van der Waals surface area contributed by atoms with E-state index in [0.29, 0.717) is 24.4 Å². The van der Waals surface area contributed by atoms with Gasteiger partial charge in [0.25, 0.3) is 0 Å². The van der Waals surface area contributed by atoms with Crippen molar-refractivity contribution in [2.24, 2.45) is 17.6 Å². The highest BCUT2D eigenvalue weighted by molar-refractivity contribution is 8.03. The summed E-state index contributed by atoms with van der Waals surface area (Å²) in [5.41, 5.74) is 5.83. The number of carboxylic acids is 1. The van der Waals surface area contributed by atoms with Gasteiger partial charge in [0.15, 0.2) is 0 Å². The molecule has 0 unspecified atom stereocenters. The van der Waals surface area contributed by atoms with E-state index in [9.17, 15) is 29.4 Å². The van der Waals surface area contributed by atoms with Crippen LogP contribution in [-0.2, 0) is 19.2 Å². The molecule has 35 heavy (non-hydrogen) atoms. The second-order valence-corrected chi connectivity index (χ2v) is 11.2. The van der Waals surface area contributed by atoms with Crippen LogP contribution in [0.4, 0.5) is 0 Å². The van der Waals surface area contributed by atoms with E-state index in [-0.39, 0.29) is 53.7 Å². The van der Waals surface area contributed by atoms with Crippen LogP contribution in [0.25, 0.3) is 0 Å². The van der Waals surface area contributed by atoms with Crippen molar-refractivity contribution in [3.63, 3.8) is 0 Å². The van der Waals surface area contributed by atoms with Gasteiger partial charge in [0.2, 0.25) is 17.7 Å². The number of carbonyl (C=O) groups is 4. The van der Waals surface area contributed by atoms with Crippen LogP contribution < -0.4 is 21.7 Å². The molecule has 194 valence electrons. The maximum Gasteiger partial charge on any atom is 0.353 e. The maximum atomic E-state index is 13.0. The summed E-state index contributed by atoms with van der Waals surface area (Å²) in [6.07, 6.45) is -0.221. The van der Waals surface area contributed by atoms with Gasteiger partial charge in [-0.2, -0.15) is 0 Å². The van der Waals surface area contributed by atoms with Crippen molar-refractivity contribution in [2.75, 3.05) is 33.2 Å². The molecule has 3 fully saturated rings. The summed E-state index contributed by atoms with van der Waals surface area (Å²) in [7, 11) is 1.66. The number of hydrogen-bond donors (Lipinski definition) is 6. The maximum absolute atomic E-state index is 13.0. The van der Waals surface area contributed by atoms with Gasteiger partial charge < -0.3 is 41.7 Å². The van der Waals surface area contributed by atoms with Gasteiger partial charge in [-0.3, -0.25) is 14.4 Å². The Morgan fingerprint density at radius 1 is 1.31 bits per heavy atom. The lowest BCUT2D eigenvalue weighted by Gasteiger charge is -2.47. The zero-order chi connectivity index (χ0) is 25.6. The number of β-amino-alcohol motifs (C(OH)–C–C–N with tert-alkyl or cyclic N) is 1. The fourth-order valence-electron chi connectivity index (χ4n) is 5.62. The van der Waals surface area contributed by atoms with Crippen LogP contribution in [-0.4, -0.2) is 112 Å². The van der Waals surface area contributed by atoms with Crippen LogP contribution in [0.5, 0.6) is 0 Å². The lowest BCUT2D eigenvalue weighted by molar-refractivity contribution is -0.158. The summed E-state index contributed by atoms with van der Waals surface area (Å²) in [6, 6.07) is -1.64. The third-order valence-corrected chi connectivity index (χ3v) is 8.89. The number of aliphatic carboxylic acids is 1. The number of aliphatic hydroxyl groups excluding tert-OH is 1. The highest BCUT2D eigenvalue weighted by Crippen LogP contribution is 2.51. The Labute approximate surface area is 208 Å². The van der Waals surface area contributed by atoms with Crippen LogP contribution in [0, 0.1) is 11.8 Å². The molecule has 0 aromatic heterocycles. The number of fused-ring (bicyclic) bond motifs is 1. The Bertz CT molecular complexity index is 935. The van der Waals surface area contributed by atoms with Crippen LogP contribution in [0.15, 0.2) is 10.6 Å². The lowest BCUT2D eigenvalue weighted by Crippen LogP contribution is -2.66. The number of carboxylic acid groups (broad SMARTS) is 1. The fraction of sp³-hybridized carbons (Fsp3) is 0.727. The highest BCUT2D eigenvalue weighted by Gasteiger charge is 2.60. The summed E-state index contributed by atoms with van der Waals surface area (Å²) >= 11 is 1.41. The summed E-state index contributed by atoms with van der Waals surface area (Å²) in [6.45, 7) is 4.85. The molecule has 3 saturated heterocycles. The molecule has 4 aliphatic rings. The molecule has 0 spiro atoms. The Morgan fingerprint density at radius 3 is 2.63 bits per heavy atom. The summed E-state index contributed by atoms with van der Waals surface area (Å²) in [5.74, 6) is -2.50. The molecule has 3 amide bonds. The number of nitrogens with zero attached hydrogens (tertiary/aromatic N) is 2. The van der Waals surface area contributed by atoms with E-state index in [1.54, 1.807) is 18.9 Å². The number of rotatable bonds is 8. The molecule has 0 aromatic carbocycles. The lowest BCUT2D eigenvalue weighted by atomic mass is 9.78. The quantitative estimate of drug-likeness (QED) is 0.191. The first kappa shape index (κ1) is 25.9. The first-order chi connectivity index (χ1) is 16.5. The third-order valence-electron chi connectivity index (χ3n) is 7.38. The molecular formula is C22H34N6O6S. The van der Waals surface area contributed by atoms with Crippen molar-refractivity contribution in [3.8, 4) is 0 Å². The summed E-state index contributed by atoms with van der Waals surface area (Å²) in [4.78, 5) is 53.5. The minimum Gasteiger partial charge on any atom is -0.477 e. The number of hydrogen-bond acceptors (Lipinski definition) is 9. The van der Waals surface area contributed by atoms with Gasteiger partial charge in [0, 0.05) is 47.8 Å². The third kappa shape index (κ3) is 4.67. The van der Waals surface area contributed by atoms with E-state index in [1.165, 1.54) is 16.7 Å². The number of nitrogens with two attached hydrogens (primary N) is 1. The molecule has 4 aliphatic heterocycles. The van der Waals surface area contributed by atoms with Crippen LogP contribution >= 0.6 is 11.8 Å². The van der Waals surface area contributed by atoms with E-state index in [1.807, 2.05) is 6.92 Å². The Balaban J connectivity index is 1.43. The molecule has 7 N–H and O–H groups in total. The van der Waals surface area contributed by atoms with Crippen LogP contribution in [0.3, 0.4) is 0 Å². The standard InChI is InChI=1S/C22H34N6O6S/c1-9-17-16(10(2)26-15(30)6-24-3)21(32)28(17)18(22(33)34)19(9)35-11-4-13(25-5-11)20(31)27-7-12(23)14(29)8-27/h9-14,16-17,24-25,29H,4-8,23H2,1-3H3,(H,26,30)(H,33,34)/t9-,10-,11+,12+,13+,14-,16-,17+/m1/s1. The van der Waals surface area contributed by atoms with E-state index in [2.05, 4.69) is 16.0 Å². The second-order valence-electron chi connectivity index (χ2n) is 9.83. The number of likely N-dealkylation sites (tertiary alicyclic amines) is 1. The summed E-state index contributed by atoms with van der Waals surface area (Å²) < 4.78 is 0. The average Bonchev–Trinajstić information content (AvgIpc) is 3.45. The van der Waals surface area contributed by atoms with Crippen molar-refractivity contribution in [2.45, 2.75) is 55.8 Å². The van der Waals surface area contributed by atoms with Gasteiger partial charge in [0.05, 0.1) is 30.7 Å². The number of aliphatic hydroxyl groups is 1. The second kappa shape index (κ2) is 10.1. The smallest absolute Gasteiger partial charge is 0.353 e. The van der Waals surface area contributed by atoms with E-state index in [0.717, 1.165) is 0 Å². The zero-order valence-electron chi connectivity index (χ0n) is 20.1. The molecule has 13 heteroatoms. The molecular weight excluding hydrogens is 476 g/mol. The Hall–Kier alpha value is -2.19. The molecule has 0 radical (unpaired) electrons. The van der Waals surface area contributed by atoms with Crippen molar-refractivity contribution in [1.29, 1.82) is 0 Å². The van der Waals surface area contributed by atoms with Crippen LogP contribution in [0.1, 0.15) is 20.3 Å². The predicted molar refractivity (Wildman–Crippen MR) is 128 cm³/mol. The Morgan fingerprint density at radius 2 is 2.03 bits per heavy atom. The van der Waals surface area contributed by atoms with Gasteiger partial charge in [-0.1, -0.05) is 6.92 Å². The van der Waals surface area contributed by atoms with Gasteiger partial charge in [0.1, 0.15) is 5.70 Å². The molecule has 0 saturated carbocycles. The molecule has 0 aromatic rings. The number of likely N-dealkylation sites (N-methyl/N-ethyl adjacent to an activating group) is 1. The SMILES string of the molecule is CNCC(=O)N[C@H](C)[C@H]1C(=O)N2C(C(=O)O)=C(S[C@@H]3CN[C@H](C(=O)N4C[C@@H](O)[C@@H](N)C4)C3)[C@H](C)[C@@H]12. The van der Waals surface area contributed by atoms with Crippen molar-refractivity contribution in [3.05, 3.63) is 10.6 Å². The highest BCUT2D eigenvalue weighted by atomic mass is 32.2. The summed E-state index contributed by atoms with van der Waals surface area (Å²) in [5, 5.41) is 28.6. The van der Waals surface area contributed by atoms with Crippen molar-refractivity contribution in [1.82, 2.24) is 25.8 Å². The molecule has 8 atom stereocenters. The Kier molecular flexibility index (Phi) is 7.44. The molecule has 12 nitrogen and oxygen atoms in total. The average molecular weight is 511 g/mol. The minimum atomic E-state index is -1.15. The minimum absolute atomic E-state index is 0.00548. The molecule has 4 rings (SSSR count). The first-order valence-electron chi connectivity index (χ1n) is 11.9. The number of β-lactam (4-membered cyclic amide) rings is 1. The first-order valence-corrected chi connectivity index (χ1v) is 12.8. The van der Waals surface area contributed by atoms with E-state index >= 15 is 0 Å². The number of carbonyl (C=O) groups excluding carboxylic acids is 3. The van der Waals surface area contributed by atoms with Gasteiger partial charge in [-0.15, -0.1) is 11.8 Å². The largest absolute Gasteiger partial charge is 0.477 e. The monoisotopic (exact) mass is 510 g/mol. The van der Waals surface area contributed by atoms with E-state index in [4.69, 9.17) is 5.73 Å². The normalized spacial score (nSPS) is 35.2. The molecule has 0 aliphatic carbocycles. The topological polar surface area (TPSA) is 177 Å². The van der Waals surface area contributed by atoms with E-state index < -0.39 is 36.1 Å². The van der Waals surface area contributed by atoms with Gasteiger partial charge in [-0.05, 0) is 20.4 Å².